The Labute approximate surface area is 137 Å². The van der Waals surface area contributed by atoms with Crippen LogP contribution < -0.4 is 4.57 Å². The van der Waals surface area contributed by atoms with Crippen LogP contribution in [-0.4, -0.2) is 9.55 Å². The van der Waals surface area contributed by atoms with E-state index >= 15 is 0 Å². The molecule has 0 fully saturated rings. The number of hydrogen-bond acceptors (Lipinski definition) is 1. The molecular weight excluding hydrogens is 282 g/mol. The summed E-state index contributed by atoms with van der Waals surface area (Å²) in [5.74, 6) is 1.15. The summed E-state index contributed by atoms with van der Waals surface area (Å²) in [6.45, 7) is 8.60. The molecule has 3 aromatic rings. The molecule has 3 heterocycles. The molecule has 0 spiro atoms. The average molecular weight is 304 g/mol. The topological polar surface area (TPSA) is 21.7 Å². The Morgan fingerprint density at radius 1 is 1.00 bits per heavy atom. The fraction of sp³-hybridized carbons (Fsp3) is 0.300. The summed E-state index contributed by atoms with van der Waals surface area (Å²) in [5.41, 5.74) is 10.3. The summed E-state index contributed by atoms with van der Waals surface area (Å²) in [4.78, 5) is 4.64. The number of fused-ring (bicyclic) bond motifs is 3. The largest absolute Gasteiger partial charge is 0.303 e. The highest BCUT2D eigenvalue weighted by Gasteiger charge is 2.23. The quantitative estimate of drug-likeness (QED) is 0.493. The second kappa shape index (κ2) is 4.79. The zero-order valence-corrected chi connectivity index (χ0v) is 14.4. The molecule has 3 heteroatoms. The van der Waals surface area contributed by atoms with Crippen LogP contribution in [0.3, 0.4) is 0 Å². The van der Waals surface area contributed by atoms with Crippen molar-refractivity contribution in [3.63, 3.8) is 0 Å². The van der Waals surface area contributed by atoms with Gasteiger partial charge in [-0.3, -0.25) is 0 Å². The molecule has 2 aromatic heterocycles. The first-order chi connectivity index (χ1) is 10.9. The van der Waals surface area contributed by atoms with Crippen molar-refractivity contribution in [2.75, 3.05) is 0 Å². The van der Waals surface area contributed by atoms with Crippen molar-refractivity contribution >= 4 is 0 Å². The van der Waals surface area contributed by atoms with E-state index in [9.17, 15) is 0 Å². The van der Waals surface area contributed by atoms with Crippen molar-refractivity contribution in [1.29, 1.82) is 0 Å². The molecule has 4 rings (SSSR count). The van der Waals surface area contributed by atoms with Crippen LogP contribution in [0.5, 0.6) is 0 Å². The minimum absolute atomic E-state index is 0.922. The highest BCUT2D eigenvalue weighted by molar-refractivity contribution is 5.68. The molecule has 0 saturated heterocycles. The SMILES string of the molecule is Cc1cn2c(n1)Cc1cc(-c3cc(C)c(C)c[n+]3C)c(C)cc1-2. The molecule has 0 radical (unpaired) electrons. The molecule has 23 heavy (non-hydrogen) atoms. The van der Waals surface area contributed by atoms with E-state index in [0.717, 1.165) is 17.9 Å². The highest BCUT2D eigenvalue weighted by atomic mass is 15.1. The summed E-state index contributed by atoms with van der Waals surface area (Å²) in [6.07, 6.45) is 5.27. The molecule has 1 aliphatic rings. The van der Waals surface area contributed by atoms with E-state index in [2.05, 4.69) is 79.5 Å². The van der Waals surface area contributed by atoms with Gasteiger partial charge in [-0.25, -0.2) is 9.55 Å². The number of benzene rings is 1. The average Bonchev–Trinajstić information content (AvgIpc) is 2.99. The molecule has 116 valence electrons. The van der Waals surface area contributed by atoms with E-state index in [0.29, 0.717) is 0 Å². The molecule has 0 amide bonds. The van der Waals surface area contributed by atoms with Crippen molar-refractivity contribution in [1.82, 2.24) is 9.55 Å². The van der Waals surface area contributed by atoms with Gasteiger partial charge < -0.3 is 4.57 Å². The number of imidazole rings is 1. The van der Waals surface area contributed by atoms with Crippen LogP contribution in [0.4, 0.5) is 0 Å². The monoisotopic (exact) mass is 304 g/mol. The van der Waals surface area contributed by atoms with Gasteiger partial charge in [-0.1, -0.05) is 0 Å². The lowest BCUT2D eigenvalue weighted by Crippen LogP contribution is -2.31. The number of pyridine rings is 1. The Kier molecular flexibility index (Phi) is 2.95. The van der Waals surface area contributed by atoms with Gasteiger partial charge in [0.1, 0.15) is 12.9 Å². The van der Waals surface area contributed by atoms with Crippen molar-refractivity contribution in [3.05, 3.63) is 64.4 Å². The molecular formula is C20H22N3+. The number of hydrogen-bond donors (Lipinski definition) is 0. The zero-order chi connectivity index (χ0) is 16.3. The predicted octanol–water partition coefficient (Wildman–Crippen LogP) is 3.50. The van der Waals surface area contributed by atoms with E-state index < -0.39 is 0 Å². The standard InChI is InChI=1S/C20H22N3/c1-12-6-19(22(5)10-14(12)3)17-8-16-9-20-21-15(4)11-23(20)18(16)7-13(17)2/h6-8,10-11H,9H2,1-5H3/q+1. The van der Waals surface area contributed by atoms with E-state index in [1.54, 1.807) is 0 Å². The van der Waals surface area contributed by atoms with Crippen LogP contribution in [0.2, 0.25) is 0 Å². The zero-order valence-electron chi connectivity index (χ0n) is 14.4. The van der Waals surface area contributed by atoms with E-state index in [4.69, 9.17) is 0 Å². The molecule has 1 aliphatic heterocycles. The summed E-state index contributed by atoms with van der Waals surface area (Å²) in [6, 6.07) is 6.94. The van der Waals surface area contributed by atoms with Crippen molar-refractivity contribution in [2.24, 2.45) is 7.05 Å². The Morgan fingerprint density at radius 3 is 2.57 bits per heavy atom. The third kappa shape index (κ3) is 2.11. The van der Waals surface area contributed by atoms with Gasteiger partial charge in [0.05, 0.1) is 11.4 Å². The molecule has 0 atom stereocenters. The summed E-state index contributed by atoms with van der Waals surface area (Å²) in [7, 11) is 2.13. The Morgan fingerprint density at radius 2 is 1.78 bits per heavy atom. The van der Waals surface area contributed by atoms with Gasteiger partial charge in [-0.05, 0) is 56.5 Å². The summed E-state index contributed by atoms with van der Waals surface area (Å²) >= 11 is 0. The maximum atomic E-state index is 4.64. The fourth-order valence-electron chi connectivity index (χ4n) is 3.58. The van der Waals surface area contributed by atoms with E-state index in [1.165, 1.54) is 39.2 Å². The van der Waals surface area contributed by atoms with E-state index in [1.807, 2.05) is 0 Å². The molecule has 1 aromatic carbocycles. The number of nitrogens with zero attached hydrogens (tertiary/aromatic N) is 3. The number of aromatic nitrogens is 3. The summed E-state index contributed by atoms with van der Waals surface area (Å²) in [5, 5.41) is 0. The third-order valence-electron chi connectivity index (χ3n) is 4.95. The Balaban J connectivity index is 1.89. The van der Waals surface area contributed by atoms with Crippen LogP contribution in [-0.2, 0) is 13.5 Å². The predicted molar refractivity (Wildman–Crippen MR) is 91.9 cm³/mol. The second-order valence-electron chi connectivity index (χ2n) is 6.78. The number of aryl methyl sites for hydroxylation is 5. The lowest BCUT2D eigenvalue weighted by atomic mass is 9.98. The smallest absolute Gasteiger partial charge is 0.212 e. The van der Waals surface area contributed by atoms with Gasteiger partial charge in [0.25, 0.3) is 0 Å². The molecule has 3 nitrogen and oxygen atoms in total. The lowest BCUT2D eigenvalue weighted by Gasteiger charge is -2.10. The first kappa shape index (κ1) is 14.2. The molecule has 0 N–H and O–H groups in total. The van der Waals surface area contributed by atoms with Gasteiger partial charge in [0.15, 0.2) is 6.20 Å². The van der Waals surface area contributed by atoms with Crippen molar-refractivity contribution in [2.45, 2.75) is 34.1 Å². The third-order valence-corrected chi connectivity index (χ3v) is 4.95. The van der Waals surface area contributed by atoms with Crippen molar-refractivity contribution < 1.29 is 4.57 Å². The normalized spacial score (nSPS) is 12.4. The number of rotatable bonds is 1. The van der Waals surface area contributed by atoms with Crippen LogP contribution in [0.25, 0.3) is 16.9 Å². The molecule has 0 saturated carbocycles. The lowest BCUT2D eigenvalue weighted by molar-refractivity contribution is -0.660. The maximum absolute atomic E-state index is 4.64. The van der Waals surface area contributed by atoms with Gasteiger partial charge in [-0.15, -0.1) is 0 Å². The van der Waals surface area contributed by atoms with Crippen LogP contribution in [0, 0.1) is 27.7 Å². The highest BCUT2D eigenvalue weighted by Crippen LogP contribution is 2.33. The van der Waals surface area contributed by atoms with Gasteiger partial charge in [0, 0.05) is 29.8 Å². The molecule has 0 unspecified atom stereocenters. The minimum Gasteiger partial charge on any atom is -0.303 e. The van der Waals surface area contributed by atoms with Crippen LogP contribution in [0.1, 0.15) is 33.8 Å². The van der Waals surface area contributed by atoms with Crippen LogP contribution >= 0.6 is 0 Å². The second-order valence-corrected chi connectivity index (χ2v) is 6.78. The first-order valence-corrected chi connectivity index (χ1v) is 8.10. The minimum atomic E-state index is 0.922. The van der Waals surface area contributed by atoms with Crippen LogP contribution in [0.15, 0.2) is 30.6 Å². The summed E-state index contributed by atoms with van der Waals surface area (Å²) < 4.78 is 4.47. The van der Waals surface area contributed by atoms with E-state index in [-0.39, 0.29) is 0 Å². The molecule has 0 aliphatic carbocycles. The fourth-order valence-corrected chi connectivity index (χ4v) is 3.58. The van der Waals surface area contributed by atoms with Gasteiger partial charge in [0.2, 0.25) is 5.69 Å². The Bertz CT molecular complexity index is 948. The van der Waals surface area contributed by atoms with Crippen molar-refractivity contribution in [3.8, 4) is 16.9 Å². The first-order valence-electron chi connectivity index (χ1n) is 8.10. The van der Waals surface area contributed by atoms with Gasteiger partial charge in [-0.2, -0.15) is 0 Å². The molecule has 0 bridgehead atoms. The van der Waals surface area contributed by atoms with Gasteiger partial charge >= 0.3 is 0 Å². The maximum Gasteiger partial charge on any atom is 0.212 e. The Hall–Kier alpha value is -2.42.